The molecule has 0 bridgehead atoms. The topological polar surface area (TPSA) is 75.9 Å². The van der Waals surface area contributed by atoms with E-state index < -0.39 is 10.0 Å². The number of rotatable bonds is 3. The van der Waals surface area contributed by atoms with Crippen molar-refractivity contribution in [2.45, 2.75) is 11.8 Å². The van der Waals surface area contributed by atoms with Gasteiger partial charge in [0, 0.05) is 0 Å². The van der Waals surface area contributed by atoms with E-state index in [2.05, 4.69) is 25.3 Å². The van der Waals surface area contributed by atoms with Gasteiger partial charge in [-0.2, -0.15) is 12.8 Å². The molecule has 0 saturated carbocycles. The second-order valence-corrected chi connectivity index (χ2v) is 6.65. The van der Waals surface area contributed by atoms with E-state index in [9.17, 15) is 13.2 Å². The van der Waals surface area contributed by atoms with Gasteiger partial charge in [0.2, 0.25) is 0 Å². The Morgan fingerprint density at radius 2 is 1.86 bits per heavy atom. The molecule has 1 aromatic rings. The zero-order chi connectivity index (χ0) is 16.2. The third kappa shape index (κ3) is 4.08. The third-order valence-electron chi connectivity index (χ3n) is 2.81. The Balaban J connectivity index is 2.33. The molecule has 0 fully saturated rings. The molecule has 0 N–H and O–H groups in total. The van der Waals surface area contributed by atoms with Crippen LogP contribution in [0.4, 0.5) is 0 Å². The number of aliphatic imine (C=N–C) groups is 1. The van der Waals surface area contributed by atoms with Crippen molar-refractivity contribution in [1.82, 2.24) is 0 Å². The van der Waals surface area contributed by atoms with Gasteiger partial charge in [-0.1, -0.05) is 34.1 Å². The van der Waals surface area contributed by atoms with Crippen LogP contribution in [-0.4, -0.2) is 31.1 Å². The van der Waals surface area contributed by atoms with Gasteiger partial charge in [-0.3, -0.25) is 4.79 Å². The van der Waals surface area contributed by atoms with Crippen molar-refractivity contribution in [2.24, 2.45) is 9.39 Å². The molecule has 0 atom stereocenters. The Morgan fingerprint density at radius 1 is 1.18 bits per heavy atom. The van der Waals surface area contributed by atoms with Gasteiger partial charge in [-0.15, -0.1) is 0 Å². The van der Waals surface area contributed by atoms with Crippen LogP contribution in [0.25, 0.3) is 0 Å². The first-order valence-electron chi connectivity index (χ1n) is 6.36. The Kier molecular flexibility index (Phi) is 5.20. The van der Waals surface area contributed by atoms with Gasteiger partial charge in [0.1, 0.15) is 0 Å². The smallest absolute Gasteiger partial charge is 0.272 e. The molecule has 5 nitrogen and oxygen atoms in total. The van der Waals surface area contributed by atoms with Crippen molar-refractivity contribution in [3.05, 3.63) is 54.1 Å². The normalized spacial score (nSPS) is 18.5. The number of benzene rings is 1. The second kappa shape index (κ2) is 6.93. The standard InChI is InChI=1S/C15H13BrN2O3S/c1-11-9-12(17-15(19)10-16)7-8-14(11)18-22(20,21)13-5-3-2-4-6-13/h2-9H,10H2,1H3/b17-12?,18-14-. The molecule has 0 heterocycles. The summed E-state index contributed by atoms with van der Waals surface area (Å²) in [5.41, 5.74) is 1.43. The number of hydrogen-bond acceptors (Lipinski definition) is 3. The molecule has 2 rings (SSSR count). The summed E-state index contributed by atoms with van der Waals surface area (Å²) in [5.74, 6) is -0.305. The van der Waals surface area contributed by atoms with Crippen molar-refractivity contribution in [2.75, 3.05) is 5.33 Å². The van der Waals surface area contributed by atoms with Crippen LogP contribution < -0.4 is 0 Å². The van der Waals surface area contributed by atoms with E-state index in [0.717, 1.165) is 0 Å². The van der Waals surface area contributed by atoms with Gasteiger partial charge >= 0.3 is 0 Å². The number of carbonyl (C=O) groups excluding carboxylic acids is 1. The number of sulfonamides is 1. The molecule has 1 aliphatic rings. The summed E-state index contributed by atoms with van der Waals surface area (Å²) in [6.07, 6.45) is 4.73. The fraction of sp³-hybridized carbons (Fsp3) is 0.133. The highest BCUT2D eigenvalue weighted by Gasteiger charge is 2.15. The number of allylic oxidation sites excluding steroid dienone is 4. The molecule has 7 heteroatoms. The van der Waals surface area contributed by atoms with Crippen LogP contribution in [0.1, 0.15) is 6.92 Å². The summed E-state index contributed by atoms with van der Waals surface area (Å²) in [5, 5.41) is 0.139. The van der Waals surface area contributed by atoms with E-state index in [1.54, 1.807) is 37.3 Å². The molecule has 0 spiro atoms. The average molecular weight is 381 g/mol. The lowest BCUT2D eigenvalue weighted by atomic mass is 10.0. The van der Waals surface area contributed by atoms with E-state index in [1.807, 2.05) is 0 Å². The highest BCUT2D eigenvalue weighted by atomic mass is 79.9. The fourth-order valence-electron chi connectivity index (χ4n) is 1.76. The summed E-state index contributed by atoms with van der Waals surface area (Å²) in [7, 11) is -3.76. The molecule has 1 aromatic carbocycles. The van der Waals surface area contributed by atoms with Crippen LogP contribution in [0.3, 0.4) is 0 Å². The van der Waals surface area contributed by atoms with Crippen LogP contribution in [0.2, 0.25) is 0 Å². The van der Waals surface area contributed by atoms with Gasteiger partial charge in [0.15, 0.2) is 0 Å². The minimum Gasteiger partial charge on any atom is -0.272 e. The van der Waals surface area contributed by atoms with Gasteiger partial charge in [0.25, 0.3) is 15.9 Å². The number of alkyl halides is 1. The zero-order valence-electron chi connectivity index (χ0n) is 11.7. The molecule has 0 aromatic heterocycles. The average Bonchev–Trinajstić information content (AvgIpc) is 2.50. The Bertz CT molecular complexity index is 806. The highest BCUT2D eigenvalue weighted by Crippen LogP contribution is 2.15. The molecule has 0 aliphatic heterocycles. The maximum absolute atomic E-state index is 12.2. The van der Waals surface area contributed by atoms with E-state index >= 15 is 0 Å². The first-order chi connectivity index (χ1) is 10.4. The first kappa shape index (κ1) is 16.5. The van der Waals surface area contributed by atoms with E-state index in [-0.39, 0.29) is 16.1 Å². The minimum absolute atomic E-state index is 0.137. The first-order valence-corrected chi connectivity index (χ1v) is 8.93. The molecule has 22 heavy (non-hydrogen) atoms. The van der Waals surface area contributed by atoms with Crippen LogP contribution in [-0.2, 0) is 14.8 Å². The quantitative estimate of drug-likeness (QED) is 0.597. The molecular weight excluding hydrogens is 368 g/mol. The van der Waals surface area contributed by atoms with Crippen molar-refractivity contribution in [3.63, 3.8) is 0 Å². The lowest BCUT2D eigenvalue weighted by Crippen LogP contribution is -2.10. The summed E-state index contributed by atoms with van der Waals surface area (Å²) < 4.78 is 28.3. The molecule has 0 saturated heterocycles. The van der Waals surface area contributed by atoms with Gasteiger partial charge < -0.3 is 0 Å². The third-order valence-corrected chi connectivity index (χ3v) is 4.59. The lowest BCUT2D eigenvalue weighted by molar-refractivity contribution is -0.115. The van der Waals surface area contributed by atoms with Crippen molar-refractivity contribution < 1.29 is 13.2 Å². The summed E-state index contributed by atoms with van der Waals surface area (Å²) in [6.45, 7) is 1.72. The van der Waals surface area contributed by atoms with Crippen LogP contribution in [0, 0.1) is 0 Å². The zero-order valence-corrected chi connectivity index (χ0v) is 14.1. The Morgan fingerprint density at radius 3 is 2.45 bits per heavy atom. The number of nitrogens with zero attached hydrogens (tertiary/aromatic N) is 2. The molecular formula is C15H13BrN2O3S. The lowest BCUT2D eigenvalue weighted by Gasteiger charge is -2.08. The predicted octanol–water partition coefficient (Wildman–Crippen LogP) is 2.69. The number of halogens is 1. The molecule has 1 amide bonds. The number of hydrogen-bond donors (Lipinski definition) is 0. The van der Waals surface area contributed by atoms with Gasteiger partial charge in [0.05, 0.1) is 21.6 Å². The molecule has 0 radical (unpaired) electrons. The van der Waals surface area contributed by atoms with E-state index in [1.165, 1.54) is 18.2 Å². The van der Waals surface area contributed by atoms with Crippen molar-refractivity contribution in [1.29, 1.82) is 0 Å². The largest absolute Gasteiger partial charge is 0.282 e. The van der Waals surface area contributed by atoms with Crippen molar-refractivity contribution in [3.8, 4) is 0 Å². The minimum atomic E-state index is -3.76. The molecule has 0 unspecified atom stereocenters. The molecule has 1 aliphatic carbocycles. The van der Waals surface area contributed by atoms with Gasteiger partial charge in [-0.05, 0) is 42.9 Å². The number of carbonyl (C=O) groups is 1. The van der Waals surface area contributed by atoms with E-state index in [4.69, 9.17) is 0 Å². The second-order valence-electron chi connectivity index (χ2n) is 4.49. The SMILES string of the molecule is CC1=CC(=NC(=O)CBr)C=C/C1=N/S(=O)(=O)c1ccccc1. The maximum atomic E-state index is 12.2. The summed E-state index contributed by atoms with van der Waals surface area (Å²) in [4.78, 5) is 15.3. The Hall–Kier alpha value is -1.86. The van der Waals surface area contributed by atoms with Crippen LogP contribution in [0.5, 0.6) is 0 Å². The van der Waals surface area contributed by atoms with Crippen LogP contribution >= 0.6 is 15.9 Å². The number of amides is 1. The van der Waals surface area contributed by atoms with Crippen molar-refractivity contribution >= 4 is 43.3 Å². The summed E-state index contributed by atoms with van der Waals surface area (Å²) in [6, 6.07) is 8.01. The van der Waals surface area contributed by atoms with Crippen LogP contribution in [0.15, 0.2) is 68.4 Å². The summed E-state index contributed by atoms with van der Waals surface area (Å²) >= 11 is 3.03. The fourth-order valence-corrected chi connectivity index (χ4v) is 2.96. The Labute approximate surface area is 137 Å². The predicted molar refractivity (Wildman–Crippen MR) is 90.2 cm³/mol. The van der Waals surface area contributed by atoms with Gasteiger partial charge in [-0.25, -0.2) is 4.99 Å². The highest BCUT2D eigenvalue weighted by molar-refractivity contribution is 9.09. The molecule has 114 valence electrons. The monoisotopic (exact) mass is 380 g/mol. The van der Waals surface area contributed by atoms with E-state index in [0.29, 0.717) is 17.0 Å². The maximum Gasteiger partial charge on any atom is 0.282 e.